The summed E-state index contributed by atoms with van der Waals surface area (Å²) in [5.41, 5.74) is 4.50. The number of carbonyl (C=O) groups is 1. The van der Waals surface area contributed by atoms with Crippen LogP contribution in [-0.2, 0) is 30.7 Å². The van der Waals surface area contributed by atoms with Gasteiger partial charge in [-0.15, -0.1) is 0 Å². The molecule has 0 radical (unpaired) electrons. The van der Waals surface area contributed by atoms with Crippen LogP contribution >= 0.6 is 0 Å². The number of amides is 1. The Bertz CT molecular complexity index is 617. The van der Waals surface area contributed by atoms with E-state index in [9.17, 15) is 4.79 Å². The molecule has 1 atom stereocenters. The molecule has 0 aliphatic carbocycles. The molecule has 0 saturated carbocycles. The van der Waals surface area contributed by atoms with Crippen molar-refractivity contribution in [2.75, 3.05) is 0 Å². The molecule has 110 valence electrons. The van der Waals surface area contributed by atoms with Crippen LogP contribution in [0.5, 0.6) is 0 Å². The summed E-state index contributed by atoms with van der Waals surface area (Å²) in [6.07, 6.45) is 3.35. The van der Waals surface area contributed by atoms with Crippen molar-refractivity contribution in [1.29, 1.82) is 0 Å². The van der Waals surface area contributed by atoms with E-state index in [1.54, 1.807) is 6.33 Å². The molecular formula is C16H20N4O. The summed E-state index contributed by atoms with van der Waals surface area (Å²) in [5.74, 6) is 0.0308. The summed E-state index contributed by atoms with van der Waals surface area (Å²) in [6.45, 7) is 3.36. The number of aromatic amines is 1. The van der Waals surface area contributed by atoms with Gasteiger partial charge in [0.05, 0.1) is 23.8 Å². The molecule has 1 aromatic heterocycles. The van der Waals surface area contributed by atoms with Crippen molar-refractivity contribution in [2.45, 2.75) is 38.9 Å². The van der Waals surface area contributed by atoms with Gasteiger partial charge in [-0.25, -0.2) is 4.98 Å². The van der Waals surface area contributed by atoms with Crippen molar-refractivity contribution in [3.8, 4) is 0 Å². The Morgan fingerprint density at radius 1 is 1.33 bits per heavy atom. The zero-order valence-electron chi connectivity index (χ0n) is 12.1. The van der Waals surface area contributed by atoms with Gasteiger partial charge in [-0.05, 0) is 17.5 Å². The third-order valence-corrected chi connectivity index (χ3v) is 3.94. The van der Waals surface area contributed by atoms with Crippen LogP contribution in [0.15, 0.2) is 30.6 Å². The Kier molecular flexibility index (Phi) is 4.01. The summed E-state index contributed by atoms with van der Waals surface area (Å²) >= 11 is 0. The van der Waals surface area contributed by atoms with Gasteiger partial charge in [0, 0.05) is 19.5 Å². The van der Waals surface area contributed by atoms with Gasteiger partial charge in [-0.2, -0.15) is 0 Å². The molecule has 1 amide bonds. The molecule has 5 heteroatoms. The van der Waals surface area contributed by atoms with Crippen molar-refractivity contribution in [1.82, 2.24) is 20.6 Å². The average molecular weight is 284 g/mol. The molecule has 5 nitrogen and oxygen atoms in total. The first kappa shape index (κ1) is 13.8. The number of hydrogen-bond donors (Lipinski definition) is 3. The zero-order chi connectivity index (χ0) is 14.7. The maximum absolute atomic E-state index is 12.2. The number of imidazole rings is 1. The second-order valence-electron chi connectivity index (χ2n) is 5.35. The zero-order valence-corrected chi connectivity index (χ0v) is 12.1. The van der Waals surface area contributed by atoms with Crippen LogP contribution in [0.2, 0.25) is 0 Å². The lowest BCUT2D eigenvalue weighted by molar-refractivity contribution is -0.123. The monoisotopic (exact) mass is 284 g/mol. The predicted octanol–water partition coefficient (Wildman–Crippen LogP) is 1.30. The Morgan fingerprint density at radius 2 is 2.10 bits per heavy atom. The summed E-state index contributed by atoms with van der Waals surface area (Å²) in [5, 5.41) is 6.22. The van der Waals surface area contributed by atoms with E-state index in [-0.39, 0.29) is 11.9 Å². The number of nitrogens with one attached hydrogen (secondary N) is 3. The summed E-state index contributed by atoms with van der Waals surface area (Å²) in [7, 11) is 0. The first-order valence-electron chi connectivity index (χ1n) is 7.36. The second kappa shape index (κ2) is 6.10. The minimum Gasteiger partial charge on any atom is -0.351 e. The van der Waals surface area contributed by atoms with E-state index in [0.717, 1.165) is 23.4 Å². The van der Waals surface area contributed by atoms with Crippen LogP contribution in [-0.4, -0.2) is 21.9 Å². The number of carbonyl (C=O) groups excluding carboxylic acids is 1. The van der Waals surface area contributed by atoms with E-state index in [4.69, 9.17) is 0 Å². The molecule has 0 fully saturated rings. The summed E-state index contributed by atoms with van der Waals surface area (Å²) < 4.78 is 0. The van der Waals surface area contributed by atoms with Gasteiger partial charge in [0.25, 0.3) is 0 Å². The highest BCUT2D eigenvalue weighted by Gasteiger charge is 2.25. The van der Waals surface area contributed by atoms with Crippen molar-refractivity contribution < 1.29 is 4.79 Å². The normalized spacial score (nSPS) is 17.3. The number of rotatable bonds is 4. The van der Waals surface area contributed by atoms with Gasteiger partial charge < -0.3 is 10.3 Å². The maximum Gasteiger partial charge on any atom is 0.237 e. The number of aryl methyl sites for hydroxylation is 1. The van der Waals surface area contributed by atoms with E-state index in [1.807, 2.05) is 0 Å². The first-order chi connectivity index (χ1) is 10.3. The lowest BCUT2D eigenvalue weighted by Gasteiger charge is -2.22. The molecule has 1 unspecified atom stereocenters. The van der Waals surface area contributed by atoms with E-state index < -0.39 is 0 Å². The van der Waals surface area contributed by atoms with E-state index in [2.05, 4.69) is 51.8 Å². The van der Waals surface area contributed by atoms with E-state index in [1.165, 1.54) is 5.56 Å². The number of benzene rings is 1. The summed E-state index contributed by atoms with van der Waals surface area (Å²) in [4.78, 5) is 19.5. The molecular weight excluding hydrogens is 264 g/mol. The number of aromatic nitrogens is 2. The van der Waals surface area contributed by atoms with Crippen molar-refractivity contribution >= 4 is 5.91 Å². The fourth-order valence-corrected chi connectivity index (χ4v) is 2.56. The predicted molar refractivity (Wildman–Crippen MR) is 80.6 cm³/mol. The highest BCUT2D eigenvalue weighted by Crippen LogP contribution is 2.12. The molecule has 0 bridgehead atoms. The molecule has 3 rings (SSSR count). The number of H-pyrrole nitrogens is 1. The number of hydrogen-bond acceptors (Lipinski definition) is 3. The van der Waals surface area contributed by atoms with Crippen LogP contribution in [0.4, 0.5) is 0 Å². The smallest absolute Gasteiger partial charge is 0.237 e. The van der Waals surface area contributed by atoms with Crippen molar-refractivity contribution in [3.05, 3.63) is 53.1 Å². The summed E-state index contributed by atoms with van der Waals surface area (Å²) in [6, 6.07) is 8.15. The Labute approximate surface area is 124 Å². The van der Waals surface area contributed by atoms with Gasteiger partial charge in [-0.3, -0.25) is 10.1 Å². The fraction of sp³-hybridized carbons (Fsp3) is 0.375. The fourth-order valence-electron chi connectivity index (χ4n) is 2.56. The molecule has 2 aromatic rings. The largest absolute Gasteiger partial charge is 0.351 e. The quantitative estimate of drug-likeness (QED) is 0.792. The number of nitrogens with zero attached hydrogens (tertiary/aromatic N) is 1. The molecule has 1 aliphatic rings. The average Bonchev–Trinajstić information content (AvgIpc) is 3.00. The highest BCUT2D eigenvalue weighted by molar-refractivity contribution is 5.82. The molecule has 0 saturated heterocycles. The Hall–Kier alpha value is -2.14. The molecule has 0 spiro atoms. The number of fused-ring (bicyclic) bond motifs is 1. The van der Waals surface area contributed by atoms with Gasteiger partial charge in [0.15, 0.2) is 0 Å². The lowest BCUT2D eigenvalue weighted by Crippen LogP contribution is -2.47. The third-order valence-electron chi connectivity index (χ3n) is 3.94. The van der Waals surface area contributed by atoms with Crippen molar-refractivity contribution in [3.63, 3.8) is 0 Å². The van der Waals surface area contributed by atoms with Crippen LogP contribution in [0.1, 0.15) is 29.4 Å². The van der Waals surface area contributed by atoms with Crippen LogP contribution in [0.3, 0.4) is 0 Å². The van der Waals surface area contributed by atoms with Gasteiger partial charge in [-0.1, -0.05) is 31.2 Å². The highest BCUT2D eigenvalue weighted by atomic mass is 16.2. The van der Waals surface area contributed by atoms with Gasteiger partial charge in [0.2, 0.25) is 5.91 Å². The Balaban J connectivity index is 1.54. The second-order valence-corrected chi connectivity index (χ2v) is 5.35. The molecule has 1 aliphatic heterocycles. The SMILES string of the molecule is CCc1ccc(CNC(=O)C2Cc3nc[nH]c3CN2)cc1. The molecule has 1 aromatic carbocycles. The van der Waals surface area contributed by atoms with Crippen LogP contribution in [0.25, 0.3) is 0 Å². The molecule has 2 heterocycles. The van der Waals surface area contributed by atoms with Crippen LogP contribution < -0.4 is 10.6 Å². The lowest BCUT2D eigenvalue weighted by atomic mass is 10.0. The van der Waals surface area contributed by atoms with Gasteiger partial charge >= 0.3 is 0 Å². The minimum atomic E-state index is -0.198. The van der Waals surface area contributed by atoms with Gasteiger partial charge in [0.1, 0.15) is 0 Å². The molecule has 21 heavy (non-hydrogen) atoms. The maximum atomic E-state index is 12.2. The van der Waals surface area contributed by atoms with E-state index >= 15 is 0 Å². The first-order valence-corrected chi connectivity index (χ1v) is 7.36. The minimum absolute atomic E-state index is 0.0308. The third kappa shape index (κ3) is 3.13. The van der Waals surface area contributed by atoms with E-state index in [0.29, 0.717) is 19.5 Å². The van der Waals surface area contributed by atoms with Crippen LogP contribution in [0, 0.1) is 0 Å². The Morgan fingerprint density at radius 3 is 2.86 bits per heavy atom. The standard InChI is InChI=1S/C16H20N4O/c1-2-11-3-5-12(6-4-11)8-18-16(21)14-7-13-15(9-17-14)20-10-19-13/h3-6,10,14,17H,2,7-9H2,1H3,(H,18,21)(H,19,20). The molecule has 3 N–H and O–H groups in total. The topological polar surface area (TPSA) is 69.8 Å². The van der Waals surface area contributed by atoms with Crippen molar-refractivity contribution in [2.24, 2.45) is 0 Å².